The average Bonchev–Trinajstić information content (AvgIpc) is 2.25. The zero-order valence-electron chi connectivity index (χ0n) is 6.23. The van der Waals surface area contributed by atoms with Crippen molar-refractivity contribution in [2.45, 2.75) is 13.2 Å². The molecule has 0 fully saturated rings. The zero-order chi connectivity index (χ0) is 8.77. The van der Waals surface area contributed by atoms with Crippen LogP contribution in [0.1, 0.15) is 5.56 Å². The topological polar surface area (TPSA) is 18.5 Å². The summed E-state index contributed by atoms with van der Waals surface area (Å²) in [7, 11) is 0. The smallest absolute Gasteiger partial charge is 0.395 e. The Kier molecular flexibility index (Phi) is 1.28. The lowest BCUT2D eigenvalue weighted by Gasteiger charge is -2.04. The third kappa shape index (κ3) is 0.995. The predicted octanol–water partition coefficient (Wildman–Crippen LogP) is 2.12. The Labute approximate surface area is 67.7 Å². The van der Waals surface area contributed by atoms with Crippen LogP contribution in [-0.2, 0) is 0 Å². The third-order valence-corrected chi connectivity index (χ3v) is 1.55. The van der Waals surface area contributed by atoms with Gasteiger partial charge in [-0.05, 0) is 18.6 Å². The van der Waals surface area contributed by atoms with E-state index in [0.717, 1.165) is 0 Å². The highest BCUT2D eigenvalue weighted by molar-refractivity contribution is 5.47. The summed E-state index contributed by atoms with van der Waals surface area (Å²) in [4.78, 5) is 0. The van der Waals surface area contributed by atoms with E-state index in [1.165, 1.54) is 6.07 Å². The van der Waals surface area contributed by atoms with Crippen LogP contribution in [-0.4, -0.2) is 6.29 Å². The molecule has 0 saturated carbocycles. The van der Waals surface area contributed by atoms with Gasteiger partial charge in [-0.1, -0.05) is 6.07 Å². The molecule has 0 saturated heterocycles. The largest absolute Gasteiger partial charge is 0.586 e. The molecule has 12 heavy (non-hydrogen) atoms. The van der Waals surface area contributed by atoms with E-state index in [4.69, 9.17) is 0 Å². The van der Waals surface area contributed by atoms with E-state index >= 15 is 0 Å². The van der Waals surface area contributed by atoms with E-state index in [9.17, 15) is 8.78 Å². The molecule has 4 heteroatoms. The summed E-state index contributed by atoms with van der Waals surface area (Å²) in [6.45, 7) is 1.66. The standard InChI is InChI=1S/C8H5F2O2/c1-5-3-2-4-6-7(5)12-8(9,10)11-6/h2-3H,1H3. The monoisotopic (exact) mass is 171 g/mol. The minimum Gasteiger partial charge on any atom is -0.395 e. The molecule has 0 aromatic heterocycles. The van der Waals surface area contributed by atoms with Gasteiger partial charge in [-0.2, -0.15) is 0 Å². The third-order valence-electron chi connectivity index (χ3n) is 1.55. The van der Waals surface area contributed by atoms with Gasteiger partial charge in [0.05, 0.1) is 0 Å². The first-order valence-corrected chi connectivity index (χ1v) is 3.36. The van der Waals surface area contributed by atoms with Crippen LogP contribution < -0.4 is 9.47 Å². The number of benzene rings is 1. The molecule has 63 valence electrons. The Morgan fingerprint density at radius 1 is 1.42 bits per heavy atom. The van der Waals surface area contributed by atoms with Gasteiger partial charge in [-0.3, -0.25) is 0 Å². The van der Waals surface area contributed by atoms with Crippen LogP contribution in [0.3, 0.4) is 0 Å². The molecular weight excluding hydrogens is 166 g/mol. The summed E-state index contributed by atoms with van der Waals surface area (Å²) in [6.07, 6.45) is -3.54. The van der Waals surface area contributed by atoms with Gasteiger partial charge in [0.1, 0.15) is 0 Å². The average molecular weight is 171 g/mol. The first kappa shape index (κ1) is 7.34. The zero-order valence-corrected chi connectivity index (χ0v) is 6.23. The van der Waals surface area contributed by atoms with Gasteiger partial charge in [0.25, 0.3) is 0 Å². The van der Waals surface area contributed by atoms with Crippen molar-refractivity contribution >= 4 is 0 Å². The Morgan fingerprint density at radius 3 is 2.83 bits per heavy atom. The molecule has 0 N–H and O–H groups in total. The second kappa shape index (κ2) is 2.09. The number of hydrogen-bond acceptors (Lipinski definition) is 2. The van der Waals surface area contributed by atoms with Gasteiger partial charge in [0.2, 0.25) is 0 Å². The Balaban J connectivity index is 2.48. The fourth-order valence-corrected chi connectivity index (χ4v) is 1.02. The Bertz CT molecular complexity index is 323. The minimum atomic E-state index is -3.54. The number of aryl methyl sites for hydroxylation is 1. The highest BCUT2D eigenvalue weighted by Crippen LogP contribution is 2.42. The van der Waals surface area contributed by atoms with Crippen LogP contribution >= 0.6 is 0 Å². The Hall–Kier alpha value is -1.32. The number of fused-ring (bicyclic) bond motifs is 1. The van der Waals surface area contributed by atoms with Gasteiger partial charge in [-0.25, -0.2) is 0 Å². The van der Waals surface area contributed by atoms with E-state index in [1.54, 1.807) is 13.0 Å². The quantitative estimate of drug-likeness (QED) is 0.595. The number of halogens is 2. The molecule has 1 radical (unpaired) electrons. The van der Waals surface area contributed by atoms with Crippen molar-refractivity contribution in [3.8, 4) is 11.5 Å². The van der Waals surface area contributed by atoms with Crippen LogP contribution in [0.25, 0.3) is 0 Å². The van der Waals surface area contributed by atoms with Gasteiger partial charge in [0.15, 0.2) is 11.5 Å². The summed E-state index contributed by atoms with van der Waals surface area (Å²) >= 11 is 0. The molecule has 0 unspecified atom stereocenters. The van der Waals surface area contributed by atoms with Crippen molar-refractivity contribution in [2.75, 3.05) is 0 Å². The molecule has 1 aromatic rings. The van der Waals surface area contributed by atoms with Crippen molar-refractivity contribution in [1.82, 2.24) is 0 Å². The van der Waals surface area contributed by atoms with Crippen molar-refractivity contribution in [3.05, 3.63) is 23.8 Å². The summed E-state index contributed by atoms with van der Waals surface area (Å²) < 4.78 is 33.3. The van der Waals surface area contributed by atoms with Crippen molar-refractivity contribution < 1.29 is 18.3 Å². The van der Waals surface area contributed by atoms with Crippen LogP contribution in [0.4, 0.5) is 8.78 Å². The number of rotatable bonds is 0. The summed E-state index contributed by atoms with van der Waals surface area (Å²) in [6, 6.07) is 5.66. The molecule has 0 amide bonds. The number of alkyl halides is 2. The predicted molar refractivity (Wildman–Crippen MR) is 36.2 cm³/mol. The number of hydrogen-bond donors (Lipinski definition) is 0. The lowest BCUT2D eigenvalue weighted by atomic mass is 10.2. The maximum Gasteiger partial charge on any atom is 0.586 e. The van der Waals surface area contributed by atoms with E-state index in [2.05, 4.69) is 15.5 Å². The lowest BCUT2D eigenvalue weighted by molar-refractivity contribution is -0.287. The van der Waals surface area contributed by atoms with Gasteiger partial charge >= 0.3 is 6.29 Å². The molecule has 0 bridgehead atoms. The Morgan fingerprint density at radius 2 is 2.17 bits per heavy atom. The molecule has 2 nitrogen and oxygen atoms in total. The van der Waals surface area contributed by atoms with Gasteiger partial charge < -0.3 is 9.47 Å². The lowest BCUT2D eigenvalue weighted by Crippen LogP contribution is -2.26. The summed E-state index contributed by atoms with van der Waals surface area (Å²) in [5.41, 5.74) is 0.612. The van der Waals surface area contributed by atoms with Gasteiger partial charge in [0, 0.05) is 6.07 Å². The van der Waals surface area contributed by atoms with Crippen molar-refractivity contribution in [3.63, 3.8) is 0 Å². The molecule has 2 rings (SSSR count). The van der Waals surface area contributed by atoms with Crippen LogP contribution in [0.15, 0.2) is 12.1 Å². The molecule has 0 atom stereocenters. The summed E-state index contributed by atoms with van der Waals surface area (Å²) in [5, 5.41) is 0. The molecular formula is C8H5F2O2. The second-order valence-electron chi connectivity index (χ2n) is 2.49. The van der Waals surface area contributed by atoms with E-state index in [0.29, 0.717) is 5.56 Å². The van der Waals surface area contributed by atoms with Crippen LogP contribution in [0.5, 0.6) is 11.5 Å². The summed E-state index contributed by atoms with van der Waals surface area (Å²) in [5.74, 6) is 0.0440. The van der Waals surface area contributed by atoms with Gasteiger partial charge in [-0.15, -0.1) is 8.78 Å². The molecule has 1 aliphatic rings. The van der Waals surface area contributed by atoms with Crippen molar-refractivity contribution in [2.24, 2.45) is 0 Å². The normalized spacial score (nSPS) is 17.9. The maximum atomic E-state index is 12.5. The van der Waals surface area contributed by atoms with E-state index < -0.39 is 6.29 Å². The fourth-order valence-electron chi connectivity index (χ4n) is 1.02. The highest BCUT2D eigenvalue weighted by Gasteiger charge is 2.44. The van der Waals surface area contributed by atoms with E-state index in [1.807, 2.05) is 0 Å². The fraction of sp³-hybridized carbons (Fsp3) is 0.250. The second-order valence-corrected chi connectivity index (χ2v) is 2.49. The van der Waals surface area contributed by atoms with E-state index in [-0.39, 0.29) is 11.5 Å². The number of ether oxygens (including phenoxy) is 2. The molecule has 1 heterocycles. The highest BCUT2D eigenvalue weighted by atomic mass is 19.3. The minimum absolute atomic E-state index is 0.0278. The molecule has 0 aliphatic carbocycles. The first-order chi connectivity index (χ1) is 5.58. The first-order valence-electron chi connectivity index (χ1n) is 3.36. The molecule has 1 aliphatic heterocycles. The molecule has 1 aromatic carbocycles. The SMILES string of the molecule is Cc1cc[c]c2c1OC(F)(F)O2. The van der Waals surface area contributed by atoms with Crippen molar-refractivity contribution in [1.29, 1.82) is 0 Å². The van der Waals surface area contributed by atoms with Crippen LogP contribution in [0, 0.1) is 13.0 Å². The van der Waals surface area contributed by atoms with Crippen LogP contribution in [0.2, 0.25) is 0 Å². The maximum absolute atomic E-state index is 12.5. The molecule has 0 spiro atoms.